The highest BCUT2D eigenvalue weighted by Gasteiger charge is 2.33. The van der Waals surface area contributed by atoms with E-state index in [1.165, 1.54) is 0 Å². The number of rotatable bonds is 10. The number of imide groups is 1. The second kappa shape index (κ2) is 9.56. The maximum atomic E-state index is 11.8. The van der Waals surface area contributed by atoms with Crippen LogP contribution in [0.4, 0.5) is 0 Å². The van der Waals surface area contributed by atoms with Crippen LogP contribution in [0, 0.1) is 11.8 Å². The van der Waals surface area contributed by atoms with Crippen molar-refractivity contribution in [2.45, 2.75) is 77.9 Å². The molecule has 0 unspecified atom stereocenters. The third-order valence-corrected chi connectivity index (χ3v) is 9.84. The molecule has 1 aliphatic rings. The standard InChI is InChI=1S/C17H30ClNO4Si/c1-13(2)11-24(18,12-14(3)4)10-6-5-7-17(22)23-19-15(20)8-9-16(19)21/h13-14H,5-12H2,1-4H3. The quantitative estimate of drug-likeness (QED) is 0.247. The van der Waals surface area contributed by atoms with E-state index in [0.717, 1.165) is 24.6 Å². The van der Waals surface area contributed by atoms with Crippen LogP contribution in [0.25, 0.3) is 0 Å². The molecule has 7 heteroatoms. The van der Waals surface area contributed by atoms with Gasteiger partial charge < -0.3 is 4.84 Å². The average Bonchev–Trinajstić information content (AvgIpc) is 2.73. The zero-order valence-corrected chi connectivity index (χ0v) is 17.0. The minimum Gasteiger partial charge on any atom is -0.330 e. The SMILES string of the molecule is CC(C)C[Si](Cl)(CCCCC(=O)ON1C(=O)CCC1=O)CC(C)C. The Morgan fingerprint density at radius 1 is 1.08 bits per heavy atom. The lowest BCUT2D eigenvalue weighted by molar-refractivity contribution is -0.197. The van der Waals surface area contributed by atoms with Crippen LogP contribution in [0.2, 0.25) is 18.1 Å². The molecule has 1 heterocycles. The Hall–Kier alpha value is -0.883. The monoisotopic (exact) mass is 375 g/mol. The van der Waals surface area contributed by atoms with Gasteiger partial charge in [0.05, 0.1) is 0 Å². The van der Waals surface area contributed by atoms with E-state index in [1.807, 2.05) is 0 Å². The van der Waals surface area contributed by atoms with Crippen molar-refractivity contribution in [1.82, 2.24) is 5.06 Å². The molecule has 0 aromatic heterocycles. The normalized spacial score (nSPS) is 15.7. The molecule has 138 valence electrons. The molecule has 2 amide bonds. The first-order chi connectivity index (χ1) is 11.1. The third kappa shape index (κ3) is 7.34. The van der Waals surface area contributed by atoms with E-state index in [-0.39, 0.29) is 19.3 Å². The summed E-state index contributed by atoms with van der Waals surface area (Å²) in [7, 11) is -1.80. The van der Waals surface area contributed by atoms with E-state index in [9.17, 15) is 14.4 Å². The van der Waals surface area contributed by atoms with Gasteiger partial charge in [-0.1, -0.05) is 34.1 Å². The highest BCUT2D eigenvalue weighted by Crippen LogP contribution is 2.34. The highest BCUT2D eigenvalue weighted by molar-refractivity contribution is 7.20. The first-order valence-corrected chi connectivity index (χ1v) is 12.5. The molecule has 1 fully saturated rings. The molecule has 0 N–H and O–H groups in total. The fourth-order valence-corrected chi connectivity index (χ4v) is 9.90. The summed E-state index contributed by atoms with van der Waals surface area (Å²) in [6, 6.07) is 3.17. The lowest BCUT2D eigenvalue weighted by Gasteiger charge is -2.28. The van der Waals surface area contributed by atoms with Crippen LogP contribution in [0.3, 0.4) is 0 Å². The van der Waals surface area contributed by atoms with Gasteiger partial charge in [-0.05, 0) is 36.4 Å². The van der Waals surface area contributed by atoms with Crippen molar-refractivity contribution in [2.75, 3.05) is 0 Å². The number of carbonyl (C=O) groups excluding carboxylic acids is 3. The average molecular weight is 376 g/mol. The molecule has 1 saturated heterocycles. The van der Waals surface area contributed by atoms with Crippen molar-refractivity contribution in [3.05, 3.63) is 0 Å². The van der Waals surface area contributed by atoms with Gasteiger partial charge in [0, 0.05) is 19.3 Å². The van der Waals surface area contributed by atoms with Gasteiger partial charge in [-0.3, -0.25) is 9.59 Å². The third-order valence-electron chi connectivity index (χ3n) is 4.00. The lowest BCUT2D eigenvalue weighted by atomic mass is 10.2. The molecule has 0 bridgehead atoms. The highest BCUT2D eigenvalue weighted by atomic mass is 35.6. The number of amides is 2. The molecule has 0 atom stereocenters. The fraction of sp³-hybridized carbons (Fsp3) is 0.824. The molecule has 5 nitrogen and oxygen atoms in total. The van der Waals surface area contributed by atoms with Gasteiger partial charge in [0.1, 0.15) is 0 Å². The van der Waals surface area contributed by atoms with E-state index in [2.05, 4.69) is 27.7 Å². The maximum absolute atomic E-state index is 11.8. The van der Waals surface area contributed by atoms with Crippen molar-refractivity contribution < 1.29 is 19.2 Å². The second-order valence-electron chi connectivity index (χ2n) is 7.60. The number of hydrogen-bond donors (Lipinski definition) is 0. The minimum atomic E-state index is -1.80. The summed E-state index contributed by atoms with van der Waals surface area (Å²) in [6.07, 6.45) is 2.01. The Bertz CT molecular complexity index is 442. The molecular formula is C17H30ClNO4Si. The Balaban J connectivity index is 2.35. The number of halogens is 1. The zero-order valence-electron chi connectivity index (χ0n) is 15.3. The Kier molecular flexibility index (Phi) is 8.43. The lowest BCUT2D eigenvalue weighted by Crippen LogP contribution is -2.32. The summed E-state index contributed by atoms with van der Waals surface area (Å²) in [6.45, 7) is 8.80. The van der Waals surface area contributed by atoms with Crippen LogP contribution < -0.4 is 0 Å². The van der Waals surface area contributed by atoms with Gasteiger partial charge in [-0.2, -0.15) is 11.1 Å². The first kappa shape index (κ1) is 21.2. The molecule has 0 aromatic rings. The predicted molar refractivity (Wildman–Crippen MR) is 96.7 cm³/mol. The molecule has 0 aromatic carbocycles. The smallest absolute Gasteiger partial charge is 0.330 e. The van der Waals surface area contributed by atoms with E-state index < -0.39 is 25.2 Å². The molecule has 1 aliphatic heterocycles. The van der Waals surface area contributed by atoms with Crippen LogP contribution in [-0.4, -0.2) is 30.2 Å². The van der Waals surface area contributed by atoms with Crippen molar-refractivity contribution >= 4 is 36.2 Å². The van der Waals surface area contributed by atoms with Gasteiger partial charge in [-0.15, -0.1) is 5.06 Å². The summed E-state index contributed by atoms with van der Waals surface area (Å²) >= 11 is 6.95. The van der Waals surface area contributed by atoms with Gasteiger partial charge in [0.2, 0.25) is 0 Å². The number of nitrogens with zero attached hydrogens (tertiary/aromatic N) is 1. The van der Waals surface area contributed by atoms with Crippen LogP contribution in [0.1, 0.15) is 59.8 Å². The summed E-state index contributed by atoms with van der Waals surface area (Å²) < 4.78 is 0. The van der Waals surface area contributed by atoms with Crippen LogP contribution in [0.5, 0.6) is 0 Å². The fourth-order valence-electron chi connectivity index (χ4n) is 3.27. The Morgan fingerprint density at radius 2 is 1.58 bits per heavy atom. The number of carbonyl (C=O) groups is 3. The van der Waals surface area contributed by atoms with E-state index in [4.69, 9.17) is 15.9 Å². The predicted octanol–water partition coefficient (Wildman–Crippen LogP) is 4.26. The summed E-state index contributed by atoms with van der Waals surface area (Å²) in [5.41, 5.74) is 0. The van der Waals surface area contributed by atoms with Gasteiger partial charge in [0.15, 0.2) is 7.38 Å². The number of hydrogen-bond acceptors (Lipinski definition) is 4. The van der Waals surface area contributed by atoms with Crippen LogP contribution >= 0.6 is 11.1 Å². The van der Waals surface area contributed by atoms with E-state index in [1.54, 1.807) is 0 Å². The molecule has 24 heavy (non-hydrogen) atoms. The number of unbranched alkanes of at least 4 members (excludes halogenated alkanes) is 1. The van der Waals surface area contributed by atoms with E-state index in [0.29, 0.717) is 23.3 Å². The summed E-state index contributed by atoms with van der Waals surface area (Å²) in [5, 5.41) is 0.612. The largest absolute Gasteiger partial charge is 0.333 e. The van der Waals surface area contributed by atoms with Crippen molar-refractivity contribution in [1.29, 1.82) is 0 Å². The molecular weight excluding hydrogens is 346 g/mol. The Labute approximate surface area is 150 Å². The topological polar surface area (TPSA) is 63.7 Å². The molecule has 1 rings (SSSR count). The molecule has 0 spiro atoms. The van der Waals surface area contributed by atoms with Crippen molar-refractivity contribution in [2.24, 2.45) is 11.8 Å². The van der Waals surface area contributed by atoms with Gasteiger partial charge in [-0.25, -0.2) is 4.79 Å². The summed E-state index contributed by atoms with van der Waals surface area (Å²) in [5.74, 6) is -0.216. The zero-order chi connectivity index (χ0) is 18.3. The molecule has 0 radical (unpaired) electrons. The van der Waals surface area contributed by atoms with Crippen molar-refractivity contribution in [3.63, 3.8) is 0 Å². The maximum Gasteiger partial charge on any atom is 0.333 e. The molecule has 0 saturated carbocycles. The van der Waals surface area contributed by atoms with Gasteiger partial charge >= 0.3 is 5.97 Å². The van der Waals surface area contributed by atoms with Crippen LogP contribution in [-0.2, 0) is 19.2 Å². The molecule has 0 aliphatic carbocycles. The first-order valence-electron chi connectivity index (χ1n) is 8.88. The second-order valence-corrected chi connectivity index (χ2v) is 13.6. The van der Waals surface area contributed by atoms with Crippen molar-refractivity contribution in [3.8, 4) is 0 Å². The minimum absolute atomic E-state index is 0.122. The summed E-state index contributed by atoms with van der Waals surface area (Å²) in [4.78, 5) is 39.5. The van der Waals surface area contributed by atoms with E-state index >= 15 is 0 Å². The number of hydroxylamine groups is 2. The Morgan fingerprint density at radius 3 is 2.04 bits per heavy atom. The van der Waals surface area contributed by atoms with Crippen LogP contribution in [0.15, 0.2) is 0 Å². The van der Waals surface area contributed by atoms with Gasteiger partial charge in [0.25, 0.3) is 11.8 Å².